The number of ether oxygens (including phenoxy) is 2. The molecule has 0 aliphatic heterocycles. The fourth-order valence-corrected chi connectivity index (χ4v) is 2.64. The monoisotopic (exact) mass is 344 g/mol. The van der Waals surface area contributed by atoms with E-state index in [2.05, 4.69) is 12.0 Å². The summed E-state index contributed by atoms with van der Waals surface area (Å²) in [6, 6.07) is 6.51. The summed E-state index contributed by atoms with van der Waals surface area (Å²) in [5, 5.41) is 4.32. The highest BCUT2D eigenvalue weighted by atomic mass is 16.5. The van der Waals surface area contributed by atoms with Crippen molar-refractivity contribution < 1.29 is 19.1 Å². The van der Waals surface area contributed by atoms with Crippen molar-refractivity contribution in [3.05, 3.63) is 46.8 Å². The molecule has 6 heteroatoms. The van der Waals surface area contributed by atoms with Crippen molar-refractivity contribution in [1.82, 2.24) is 9.78 Å². The maximum atomic E-state index is 12.4. The Bertz CT molecular complexity index is 748. The molecule has 2 aromatic rings. The van der Waals surface area contributed by atoms with Gasteiger partial charge in [0.2, 0.25) is 0 Å². The third kappa shape index (κ3) is 4.47. The highest BCUT2D eigenvalue weighted by Gasteiger charge is 2.16. The van der Waals surface area contributed by atoms with Crippen LogP contribution in [0.5, 0.6) is 5.75 Å². The van der Waals surface area contributed by atoms with Gasteiger partial charge in [-0.1, -0.05) is 13.3 Å². The van der Waals surface area contributed by atoms with Gasteiger partial charge in [0.1, 0.15) is 5.75 Å². The first-order chi connectivity index (χ1) is 12.0. The summed E-state index contributed by atoms with van der Waals surface area (Å²) < 4.78 is 11.9. The van der Waals surface area contributed by atoms with E-state index < -0.39 is 0 Å². The van der Waals surface area contributed by atoms with Crippen molar-refractivity contribution >= 4 is 11.9 Å². The van der Waals surface area contributed by atoms with E-state index in [1.807, 2.05) is 13.8 Å². The molecule has 2 rings (SSSR count). The zero-order valence-corrected chi connectivity index (χ0v) is 15.2. The van der Waals surface area contributed by atoms with Crippen LogP contribution in [0.1, 0.15) is 52.4 Å². The molecule has 0 bridgehead atoms. The molecule has 1 aromatic carbocycles. The Hall–Kier alpha value is -2.63. The Morgan fingerprint density at radius 3 is 2.40 bits per heavy atom. The predicted octanol–water partition coefficient (Wildman–Crippen LogP) is 3.35. The number of aromatic nitrogens is 2. The van der Waals surface area contributed by atoms with E-state index in [0.29, 0.717) is 17.9 Å². The lowest BCUT2D eigenvalue weighted by Crippen LogP contribution is -2.21. The Morgan fingerprint density at radius 2 is 1.80 bits per heavy atom. The average Bonchev–Trinajstić information content (AvgIpc) is 2.89. The molecule has 0 unspecified atom stereocenters. The van der Waals surface area contributed by atoms with Crippen LogP contribution in [0.25, 0.3) is 0 Å². The largest absolute Gasteiger partial charge is 0.484 e. The number of carbonyl (C=O) groups excluding carboxylic acids is 2. The van der Waals surface area contributed by atoms with Gasteiger partial charge < -0.3 is 9.47 Å². The zero-order valence-electron chi connectivity index (χ0n) is 15.2. The topological polar surface area (TPSA) is 70.4 Å². The summed E-state index contributed by atoms with van der Waals surface area (Å²) in [5.74, 6) is -0.0923. The van der Waals surface area contributed by atoms with Crippen molar-refractivity contribution in [2.45, 2.75) is 40.5 Å². The highest BCUT2D eigenvalue weighted by molar-refractivity contribution is 5.89. The Kier molecular flexibility index (Phi) is 6.33. The Balaban J connectivity index is 2.00. The molecule has 0 fully saturated rings. The van der Waals surface area contributed by atoms with Gasteiger partial charge in [-0.3, -0.25) is 4.79 Å². The van der Waals surface area contributed by atoms with E-state index in [1.54, 1.807) is 31.2 Å². The second-order valence-corrected chi connectivity index (χ2v) is 5.74. The van der Waals surface area contributed by atoms with E-state index in [-0.39, 0.29) is 18.5 Å². The van der Waals surface area contributed by atoms with Crippen LogP contribution in [0, 0.1) is 13.8 Å². The van der Waals surface area contributed by atoms with Crippen LogP contribution in [0.3, 0.4) is 0 Å². The van der Waals surface area contributed by atoms with E-state index >= 15 is 0 Å². The van der Waals surface area contributed by atoms with Crippen molar-refractivity contribution in [2.24, 2.45) is 0 Å². The van der Waals surface area contributed by atoms with Crippen LogP contribution >= 0.6 is 0 Å². The fourth-order valence-electron chi connectivity index (χ4n) is 2.64. The quantitative estimate of drug-likeness (QED) is 0.720. The molecule has 0 atom stereocenters. The zero-order chi connectivity index (χ0) is 18.4. The number of nitrogens with zero attached hydrogens (tertiary/aromatic N) is 2. The minimum atomic E-state index is -0.378. The van der Waals surface area contributed by atoms with Crippen LogP contribution in [0.15, 0.2) is 24.3 Å². The Labute approximate surface area is 147 Å². The molecule has 0 spiro atoms. The van der Waals surface area contributed by atoms with Gasteiger partial charge in [-0.15, -0.1) is 0 Å². The fraction of sp³-hybridized carbons (Fsp3) is 0.421. The molecule has 0 radical (unpaired) electrons. The highest BCUT2D eigenvalue weighted by Crippen LogP contribution is 2.16. The maximum absolute atomic E-state index is 12.4. The van der Waals surface area contributed by atoms with Crippen molar-refractivity contribution in [3.63, 3.8) is 0 Å². The number of hydrogen-bond donors (Lipinski definition) is 0. The second kappa shape index (κ2) is 8.46. The van der Waals surface area contributed by atoms with Crippen LogP contribution in [0.2, 0.25) is 0 Å². The predicted molar refractivity (Wildman–Crippen MR) is 94.2 cm³/mol. The molecular formula is C19H24N2O4. The molecule has 0 saturated heterocycles. The SMILES string of the molecule is CCCc1c(C)nn(C(=O)COc2ccc(C(=O)OCC)cc2)c1C. The van der Waals surface area contributed by atoms with Gasteiger partial charge in [0.15, 0.2) is 6.61 Å². The molecule has 1 aromatic heterocycles. The van der Waals surface area contributed by atoms with E-state index in [9.17, 15) is 9.59 Å². The number of hydrogen-bond acceptors (Lipinski definition) is 5. The summed E-state index contributed by atoms with van der Waals surface area (Å²) in [6.07, 6.45) is 1.91. The van der Waals surface area contributed by atoms with Crippen LogP contribution < -0.4 is 4.74 Å². The lowest BCUT2D eigenvalue weighted by molar-refractivity contribution is 0.0526. The van der Waals surface area contributed by atoms with Gasteiger partial charge in [-0.2, -0.15) is 5.10 Å². The number of aryl methyl sites for hydroxylation is 1. The molecule has 134 valence electrons. The summed E-state index contributed by atoms with van der Waals surface area (Å²) in [5.41, 5.74) is 3.31. The standard InChI is InChI=1S/C19H24N2O4/c1-5-7-17-13(3)20-21(14(17)4)18(22)12-25-16-10-8-15(9-11-16)19(23)24-6-2/h8-11H,5-7,12H2,1-4H3. The van der Waals surface area contributed by atoms with E-state index in [0.717, 1.165) is 29.8 Å². The van der Waals surface area contributed by atoms with Crippen LogP contribution in [0.4, 0.5) is 0 Å². The minimum Gasteiger partial charge on any atom is -0.484 e. The first-order valence-corrected chi connectivity index (χ1v) is 8.46. The van der Waals surface area contributed by atoms with Gasteiger partial charge in [0.25, 0.3) is 5.91 Å². The number of esters is 1. The molecule has 1 heterocycles. The number of carbonyl (C=O) groups is 2. The molecule has 25 heavy (non-hydrogen) atoms. The Morgan fingerprint density at radius 1 is 1.12 bits per heavy atom. The van der Waals surface area contributed by atoms with Gasteiger partial charge in [0, 0.05) is 5.69 Å². The van der Waals surface area contributed by atoms with Gasteiger partial charge >= 0.3 is 5.97 Å². The molecule has 0 N–H and O–H groups in total. The van der Waals surface area contributed by atoms with Gasteiger partial charge in [0.05, 0.1) is 17.9 Å². The summed E-state index contributed by atoms with van der Waals surface area (Å²) in [6.45, 7) is 7.88. The lowest BCUT2D eigenvalue weighted by Gasteiger charge is -2.08. The van der Waals surface area contributed by atoms with Crippen molar-refractivity contribution in [1.29, 1.82) is 0 Å². The molecule has 0 saturated carbocycles. The average molecular weight is 344 g/mol. The van der Waals surface area contributed by atoms with Gasteiger partial charge in [-0.25, -0.2) is 9.48 Å². The molecule has 0 amide bonds. The van der Waals surface area contributed by atoms with E-state index in [1.165, 1.54) is 4.68 Å². The normalized spacial score (nSPS) is 10.6. The second-order valence-electron chi connectivity index (χ2n) is 5.74. The lowest BCUT2D eigenvalue weighted by atomic mass is 10.1. The third-order valence-electron chi connectivity index (χ3n) is 3.91. The summed E-state index contributed by atoms with van der Waals surface area (Å²) in [4.78, 5) is 24.0. The molecule has 0 aliphatic carbocycles. The number of rotatable bonds is 7. The van der Waals surface area contributed by atoms with Crippen LogP contribution in [-0.4, -0.2) is 34.9 Å². The van der Waals surface area contributed by atoms with Crippen LogP contribution in [-0.2, 0) is 11.2 Å². The van der Waals surface area contributed by atoms with E-state index in [4.69, 9.17) is 9.47 Å². The van der Waals surface area contributed by atoms with Crippen molar-refractivity contribution in [3.8, 4) is 5.75 Å². The maximum Gasteiger partial charge on any atom is 0.338 e. The summed E-state index contributed by atoms with van der Waals surface area (Å²) >= 11 is 0. The molecular weight excluding hydrogens is 320 g/mol. The molecule has 0 aliphatic rings. The molecule has 6 nitrogen and oxygen atoms in total. The smallest absolute Gasteiger partial charge is 0.338 e. The van der Waals surface area contributed by atoms with Gasteiger partial charge in [-0.05, 0) is 57.0 Å². The third-order valence-corrected chi connectivity index (χ3v) is 3.91. The minimum absolute atomic E-state index is 0.119. The summed E-state index contributed by atoms with van der Waals surface area (Å²) in [7, 11) is 0. The first kappa shape index (κ1) is 18.7. The van der Waals surface area contributed by atoms with Crippen molar-refractivity contribution in [2.75, 3.05) is 13.2 Å². The first-order valence-electron chi connectivity index (χ1n) is 8.46. The number of benzene rings is 1.